The molecule has 0 saturated heterocycles. The number of para-hydroxylation sites is 2. The number of alkyl halides is 3. The molecule has 3 rings (SSSR count). The number of ether oxygens (including phenoxy) is 2. The van der Waals surface area contributed by atoms with E-state index < -0.39 is 23.7 Å². The van der Waals surface area contributed by atoms with Crippen molar-refractivity contribution in [2.24, 2.45) is 0 Å². The van der Waals surface area contributed by atoms with Gasteiger partial charge in [-0.05, 0) is 51.2 Å². The number of hydrogen-bond acceptors (Lipinski definition) is 4. The molecule has 33 heavy (non-hydrogen) atoms. The van der Waals surface area contributed by atoms with Gasteiger partial charge >= 0.3 is 6.18 Å². The zero-order chi connectivity index (χ0) is 24.3. The van der Waals surface area contributed by atoms with Crippen LogP contribution in [0.15, 0.2) is 53.7 Å². The molecule has 0 aliphatic carbocycles. The van der Waals surface area contributed by atoms with E-state index in [1.807, 2.05) is 13.8 Å². The molecule has 0 spiro atoms. The molecule has 0 fully saturated rings. The van der Waals surface area contributed by atoms with Crippen molar-refractivity contribution in [3.05, 3.63) is 64.9 Å². The van der Waals surface area contributed by atoms with Gasteiger partial charge in [0.15, 0.2) is 16.6 Å². The van der Waals surface area contributed by atoms with E-state index in [4.69, 9.17) is 21.7 Å². The Kier molecular flexibility index (Phi) is 7.16. The van der Waals surface area contributed by atoms with Gasteiger partial charge < -0.3 is 25.4 Å². The van der Waals surface area contributed by atoms with Crippen molar-refractivity contribution in [3.63, 3.8) is 0 Å². The molecule has 1 heterocycles. The number of nitrogens with one attached hydrogen (secondary N) is 3. The number of thiocarbonyl (C=S) groups is 1. The van der Waals surface area contributed by atoms with Gasteiger partial charge in [-0.3, -0.25) is 4.79 Å². The van der Waals surface area contributed by atoms with Crippen LogP contribution >= 0.6 is 12.2 Å². The van der Waals surface area contributed by atoms with Crippen molar-refractivity contribution in [2.75, 3.05) is 12.4 Å². The minimum atomic E-state index is -4.62. The highest BCUT2D eigenvalue weighted by molar-refractivity contribution is 7.80. The Morgan fingerprint density at radius 1 is 1.15 bits per heavy atom. The first-order valence-electron chi connectivity index (χ1n) is 10.1. The van der Waals surface area contributed by atoms with Crippen LogP contribution in [0.3, 0.4) is 0 Å². The van der Waals surface area contributed by atoms with Crippen LogP contribution in [0.25, 0.3) is 0 Å². The van der Waals surface area contributed by atoms with Crippen molar-refractivity contribution < 1.29 is 27.4 Å². The molecule has 0 radical (unpaired) electrons. The molecular weight excluding hydrogens is 455 g/mol. The summed E-state index contributed by atoms with van der Waals surface area (Å²) in [7, 11) is 1.50. The number of carbonyl (C=O) groups is 1. The first-order chi connectivity index (χ1) is 15.5. The smallest absolute Gasteiger partial charge is 0.418 e. The number of halogens is 3. The number of amides is 1. The van der Waals surface area contributed by atoms with E-state index >= 15 is 0 Å². The summed E-state index contributed by atoms with van der Waals surface area (Å²) in [5, 5.41) is 8.58. The number of carbonyl (C=O) groups excluding carboxylic acids is 1. The van der Waals surface area contributed by atoms with Crippen LogP contribution in [0, 0.1) is 0 Å². The average molecular weight is 480 g/mol. The molecule has 1 unspecified atom stereocenters. The van der Waals surface area contributed by atoms with Gasteiger partial charge in [0.05, 0.1) is 36.1 Å². The fourth-order valence-electron chi connectivity index (χ4n) is 3.54. The predicted molar refractivity (Wildman–Crippen MR) is 123 cm³/mol. The molecule has 2 aromatic carbocycles. The molecule has 176 valence electrons. The van der Waals surface area contributed by atoms with Crippen LogP contribution in [-0.4, -0.2) is 24.2 Å². The Morgan fingerprint density at radius 3 is 2.48 bits per heavy atom. The third kappa shape index (κ3) is 5.39. The summed E-state index contributed by atoms with van der Waals surface area (Å²) < 4.78 is 51.7. The minimum Gasteiger partial charge on any atom is -0.493 e. The van der Waals surface area contributed by atoms with Gasteiger partial charge in [0, 0.05) is 11.3 Å². The van der Waals surface area contributed by atoms with Gasteiger partial charge in [-0.25, -0.2) is 0 Å². The average Bonchev–Trinajstić information content (AvgIpc) is 2.72. The molecule has 1 aliphatic heterocycles. The summed E-state index contributed by atoms with van der Waals surface area (Å²) in [5.41, 5.74) is -0.149. The third-order valence-corrected chi connectivity index (χ3v) is 5.11. The van der Waals surface area contributed by atoms with E-state index in [0.717, 1.165) is 6.07 Å². The van der Waals surface area contributed by atoms with Crippen molar-refractivity contribution in [1.29, 1.82) is 0 Å². The van der Waals surface area contributed by atoms with Gasteiger partial charge in [-0.15, -0.1) is 0 Å². The van der Waals surface area contributed by atoms with Crippen LogP contribution in [0.2, 0.25) is 0 Å². The van der Waals surface area contributed by atoms with E-state index in [0.29, 0.717) is 22.8 Å². The molecular formula is C23H24F3N3O3S. The highest BCUT2D eigenvalue weighted by Gasteiger charge is 2.36. The summed E-state index contributed by atoms with van der Waals surface area (Å²) in [6.07, 6.45) is -4.82. The summed E-state index contributed by atoms with van der Waals surface area (Å²) in [5.74, 6) is 0.147. The third-order valence-electron chi connectivity index (χ3n) is 4.89. The first-order valence-corrected chi connectivity index (χ1v) is 10.5. The Balaban J connectivity index is 2.08. The second-order valence-electron chi connectivity index (χ2n) is 7.61. The molecule has 1 amide bonds. The second-order valence-corrected chi connectivity index (χ2v) is 8.02. The largest absolute Gasteiger partial charge is 0.493 e. The number of hydrogen-bond donors (Lipinski definition) is 3. The molecule has 6 nitrogen and oxygen atoms in total. The van der Waals surface area contributed by atoms with E-state index in [2.05, 4.69) is 16.0 Å². The lowest BCUT2D eigenvalue weighted by Gasteiger charge is -2.32. The topological polar surface area (TPSA) is 71.6 Å². The SMILES string of the molecule is COc1cccc(C2NC(=S)NC(C)=C2C(=O)Nc2ccccc2C(F)(F)F)c1OC(C)C. The Labute approximate surface area is 195 Å². The Hall–Kier alpha value is -3.27. The van der Waals surface area contributed by atoms with Crippen LogP contribution in [0.1, 0.15) is 37.9 Å². The highest BCUT2D eigenvalue weighted by atomic mass is 32.1. The highest BCUT2D eigenvalue weighted by Crippen LogP contribution is 2.40. The lowest BCUT2D eigenvalue weighted by atomic mass is 9.93. The molecule has 2 aromatic rings. The maximum Gasteiger partial charge on any atom is 0.418 e. The van der Waals surface area contributed by atoms with Crippen LogP contribution in [0.4, 0.5) is 18.9 Å². The molecule has 0 bridgehead atoms. The zero-order valence-electron chi connectivity index (χ0n) is 18.5. The lowest BCUT2D eigenvalue weighted by Crippen LogP contribution is -2.46. The summed E-state index contributed by atoms with van der Waals surface area (Å²) >= 11 is 5.28. The van der Waals surface area contributed by atoms with Gasteiger partial charge in [0.2, 0.25) is 0 Å². The maximum atomic E-state index is 13.4. The quantitative estimate of drug-likeness (QED) is 0.511. The predicted octanol–water partition coefficient (Wildman–Crippen LogP) is 4.93. The van der Waals surface area contributed by atoms with Crippen molar-refractivity contribution in [3.8, 4) is 11.5 Å². The monoisotopic (exact) mass is 479 g/mol. The van der Waals surface area contributed by atoms with E-state index in [9.17, 15) is 18.0 Å². The minimum absolute atomic E-state index is 0.169. The van der Waals surface area contributed by atoms with Crippen LogP contribution in [-0.2, 0) is 11.0 Å². The molecule has 1 aliphatic rings. The maximum absolute atomic E-state index is 13.4. The van der Waals surface area contributed by atoms with Gasteiger partial charge in [0.1, 0.15) is 0 Å². The number of anilines is 1. The van der Waals surface area contributed by atoms with E-state index in [1.165, 1.54) is 25.3 Å². The zero-order valence-corrected chi connectivity index (χ0v) is 19.3. The number of benzene rings is 2. The molecule has 10 heteroatoms. The van der Waals surface area contributed by atoms with Crippen molar-refractivity contribution in [2.45, 2.75) is 39.1 Å². The lowest BCUT2D eigenvalue weighted by molar-refractivity contribution is -0.137. The van der Waals surface area contributed by atoms with Gasteiger partial charge in [-0.1, -0.05) is 24.3 Å². The number of rotatable bonds is 6. The Bertz CT molecular complexity index is 1100. The van der Waals surface area contributed by atoms with Gasteiger partial charge in [-0.2, -0.15) is 13.2 Å². The van der Waals surface area contributed by atoms with Crippen molar-refractivity contribution in [1.82, 2.24) is 10.6 Å². The Morgan fingerprint density at radius 2 is 1.85 bits per heavy atom. The fourth-order valence-corrected chi connectivity index (χ4v) is 3.81. The second kappa shape index (κ2) is 9.70. The normalized spacial score (nSPS) is 16.2. The summed E-state index contributed by atoms with van der Waals surface area (Å²) in [4.78, 5) is 13.3. The number of methoxy groups -OCH3 is 1. The van der Waals surface area contributed by atoms with Gasteiger partial charge in [0.25, 0.3) is 5.91 Å². The molecule has 0 saturated carbocycles. The summed E-state index contributed by atoms with van der Waals surface area (Å²) in [6, 6.07) is 9.22. The molecule has 0 aromatic heterocycles. The number of allylic oxidation sites excluding steroid dienone is 1. The van der Waals surface area contributed by atoms with E-state index in [1.54, 1.807) is 25.1 Å². The standard InChI is InChI=1S/C23H24F3N3O3S/c1-12(2)32-20-14(8-7-11-17(20)31-4)19-18(13(3)27-22(33)29-19)21(30)28-16-10-6-5-9-15(16)23(24,25)26/h5-12,19H,1-4H3,(H,28,30)(H2,27,29,33). The van der Waals surface area contributed by atoms with Crippen LogP contribution < -0.4 is 25.4 Å². The fraction of sp³-hybridized carbons (Fsp3) is 0.304. The summed E-state index contributed by atoms with van der Waals surface area (Å²) in [6.45, 7) is 5.33. The van der Waals surface area contributed by atoms with Crippen LogP contribution in [0.5, 0.6) is 11.5 Å². The van der Waals surface area contributed by atoms with Crippen molar-refractivity contribution >= 4 is 28.9 Å². The van der Waals surface area contributed by atoms with E-state index in [-0.39, 0.29) is 22.5 Å². The molecule has 1 atom stereocenters. The first kappa shape index (κ1) is 24.4. The molecule has 3 N–H and O–H groups in total.